The molecule has 60 valence electrons. The molecular weight excluding hydrogens is 146 g/mol. The van der Waals surface area contributed by atoms with E-state index in [1.165, 1.54) is 0 Å². The molecule has 0 aliphatic heterocycles. The highest BCUT2D eigenvalue weighted by Gasteiger charge is 2.08. The van der Waals surface area contributed by atoms with Crippen molar-refractivity contribution in [1.29, 1.82) is 0 Å². The first-order chi connectivity index (χ1) is 4.72. The number of carbonyl (C=O) groups excluding carboxylic acids is 1. The minimum absolute atomic E-state index is 0.454. The first-order valence-corrected chi connectivity index (χ1v) is 4.45. The second-order valence-electron chi connectivity index (χ2n) is 2.59. The van der Waals surface area contributed by atoms with Gasteiger partial charge in [-0.1, -0.05) is 20.8 Å². The Hall–Kier alpha value is -0.0200. The third kappa shape index (κ3) is 3.90. The molecule has 1 unspecified atom stereocenters. The van der Waals surface area contributed by atoms with Gasteiger partial charge in [0.05, 0.1) is 0 Å². The molecule has 0 aromatic carbocycles. The van der Waals surface area contributed by atoms with Crippen molar-refractivity contribution in [2.75, 3.05) is 0 Å². The van der Waals surface area contributed by atoms with Crippen molar-refractivity contribution in [3.8, 4) is 0 Å². The Balaban J connectivity index is 3.49. The Morgan fingerprint density at radius 1 is 1.60 bits per heavy atom. The molecule has 0 amide bonds. The standard InChI is InChI=1S/C7H15NOS/c1-4-7(6(2)3)8-10-5-9/h5-8H,4H2,1-3H3. The summed E-state index contributed by atoms with van der Waals surface area (Å²) in [5.74, 6) is 0.595. The van der Waals surface area contributed by atoms with E-state index in [9.17, 15) is 4.79 Å². The highest BCUT2D eigenvalue weighted by atomic mass is 32.2. The van der Waals surface area contributed by atoms with Gasteiger partial charge < -0.3 is 0 Å². The second kappa shape index (κ2) is 5.74. The monoisotopic (exact) mass is 161 g/mol. The number of carbonyl (C=O) groups is 1. The first-order valence-electron chi connectivity index (χ1n) is 3.57. The molecule has 2 nitrogen and oxygen atoms in total. The molecule has 0 saturated heterocycles. The summed E-state index contributed by atoms with van der Waals surface area (Å²) in [7, 11) is 0. The number of hydrogen-bond donors (Lipinski definition) is 1. The van der Waals surface area contributed by atoms with Crippen LogP contribution in [0.1, 0.15) is 27.2 Å². The van der Waals surface area contributed by atoms with Crippen LogP contribution >= 0.6 is 11.9 Å². The van der Waals surface area contributed by atoms with E-state index in [1.807, 2.05) is 0 Å². The second-order valence-corrected chi connectivity index (χ2v) is 3.25. The summed E-state index contributed by atoms with van der Waals surface area (Å²) in [6.45, 7) is 6.40. The maximum Gasteiger partial charge on any atom is 0.191 e. The maximum absolute atomic E-state index is 9.95. The molecule has 0 saturated carbocycles. The number of hydrogen-bond acceptors (Lipinski definition) is 3. The van der Waals surface area contributed by atoms with Crippen LogP contribution in [0.2, 0.25) is 0 Å². The molecular formula is C7H15NOS. The van der Waals surface area contributed by atoms with E-state index in [-0.39, 0.29) is 0 Å². The predicted octanol–water partition coefficient (Wildman–Crippen LogP) is 1.85. The van der Waals surface area contributed by atoms with Crippen molar-refractivity contribution in [1.82, 2.24) is 4.72 Å². The lowest BCUT2D eigenvalue weighted by molar-refractivity contribution is 0.456. The average molecular weight is 161 g/mol. The van der Waals surface area contributed by atoms with Crippen LogP contribution in [-0.2, 0) is 4.79 Å². The lowest BCUT2D eigenvalue weighted by atomic mass is 10.0. The van der Waals surface area contributed by atoms with Crippen molar-refractivity contribution in [2.24, 2.45) is 5.92 Å². The van der Waals surface area contributed by atoms with Gasteiger partial charge >= 0.3 is 0 Å². The lowest BCUT2D eigenvalue weighted by Gasteiger charge is -2.17. The van der Waals surface area contributed by atoms with Gasteiger partial charge in [-0.3, -0.25) is 9.52 Å². The molecule has 0 aromatic rings. The van der Waals surface area contributed by atoms with Crippen LogP contribution in [0.3, 0.4) is 0 Å². The highest BCUT2D eigenvalue weighted by Crippen LogP contribution is 2.07. The van der Waals surface area contributed by atoms with E-state index >= 15 is 0 Å². The van der Waals surface area contributed by atoms with Crippen LogP contribution in [0.5, 0.6) is 0 Å². The van der Waals surface area contributed by atoms with Gasteiger partial charge in [-0.25, -0.2) is 0 Å². The normalized spacial score (nSPS) is 13.6. The van der Waals surface area contributed by atoms with Crippen LogP contribution in [0, 0.1) is 5.92 Å². The van der Waals surface area contributed by atoms with Gasteiger partial charge in [0, 0.05) is 6.04 Å². The van der Waals surface area contributed by atoms with Crippen molar-refractivity contribution in [3.05, 3.63) is 0 Å². The zero-order chi connectivity index (χ0) is 7.98. The fourth-order valence-electron chi connectivity index (χ4n) is 0.806. The van der Waals surface area contributed by atoms with Crippen LogP contribution in [0.4, 0.5) is 0 Å². The van der Waals surface area contributed by atoms with Crippen molar-refractivity contribution >= 4 is 17.6 Å². The molecule has 1 N–H and O–H groups in total. The fraction of sp³-hybridized carbons (Fsp3) is 0.857. The minimum Gasteiger partial charge on any atom is -0.290 e. The average Bonchev–Trinajstić information content (AvgIpc) is 1.89. The minimum atomic E-state index is 0.454. The fourth-order valence-corrected chi connectivity index (χ4v) is 1.48. The Bertz CT molecular complexity index is 95.6. The molecule has 3 heteroatoms. The van der Waals surface area contributed by atoms with E-state index in [4.69, 9.17) is 0 Å². The predicted molar refractivity (Wildman–Crippen MR) is 46.4 cm³/mol. The molecule has 0 fully saturated rings. The SMILES string of the molecule is CCC(NSC=O)C(C)C. The smallest absolute Gasteiger partial charge is 0.191 e. The molecule has 0 rings (SSSR count). The topological polar surface area (TPSA) is 29.1 Å². The summed E-state index contributed by atoms with van der Waals surface area (Å²) >= 11 is 1.14. The molecule has 0 bridgehead atoms. The number of rotatable bonds is 5. The largest absolute Gasteiger partial charge is 0.290 e. The van der Waals surface area contributed by atoms with E-state index in [2.05, 4.69) is 25.5 Å². The van der Waals surface area contributed by atoms with Gasteiger partial charge in [-0.05, 0) is 24.3 Å². The van der Waals surface area contributed by atoms with Gasteiger partial charge in [0.15, 0.2) is 5.62 Å². The van der Waals surface area contributed by atoms with Gasteiger partial charge in [0.1, 0.15) is 0 Å². The molecule has 0 aliphatic carbocycles. The number of nitrogens with one attached hydrogen (secondary N) is 1. The Morgan fingerprint density at radius 2 is 2.20 bits per heavy atom. The van der Waals surface area contributed by atoms with Gasteiger partial charge in [-0.15, -0.1) is 0 Å². The zero-order valence-corrected chi connectivity index (χ0v) is 7.57. The van der Waals surface area contributed by atoms with Gasteiger partial charge in [-0.2, -0.15) is 0 Å². The van der Waals surface area contributed by atoms with Crippen LogP contribution in [0.25, 0.3) is 0 Å². The Kier molecular flexibility index (Phi) is 5.73. The molecule has 0 heterocycles. The quantitative estimate of drug-likeness (QED) is 0.493. The Morgan fingerprint density at radius 3 is 2.50 bits per heavy atom. The van der Waals surface area contributed by atoms with Crippen LogP contribution in [-0.4, -0.2) is 11.7 Å². The summed E-state index contributed by atoms with van der Waals surface area (Å²) in [5, 5.41) is 0. The third-order valence-electron chi connectivity index (χ3n) is 1.51. The zero-order valence-electron chi connectivity index (χ0n) is 6.76. The molecule has 1 atom stereocenters. The van der Waals surface area contributed by atoms with Gasteiger partial charge in [0.2, 0.25) is 0 Å². The summed E-state index contributed by atoms with van der Waals surface area (Å²) in [6, 6.07) is 0.454. The summed E-state index contributed by atoms with van der Waals surface area (Å²) in [4.78, 5) is 9.95. The van der Waals surface area contributed by atoms with Gasteiger partial charge in [0.25, 0.3) is 0 Å². The van der Waals surface area contributed by atoms with Crippen molar-refractivity contribution < 1.29 is 4.79 Å². The van der Waals surface area contributed by atoms with E-state index in [0.29, 0.717) is 12.0 Å². The lowest BCUT2D eigenvalue weighted by Crippen LogP contribution is -2.27. The maximum atomic E-state index is 9.95. The van der Waals surface area contributed by atoms with Crippen LogP contribution in [0.15, 0.2) is 0 Å². The molecule has 0 radical (unpaired) electrons. The molecule has 0 aliphatic rings. The van der Waals surface area contributed by atoms with E-state index in [1.54, 1.807) is 0 Å². The highest BCUT2D eigenvalue weighted by molar-refractivity contribution is 8.10. The van der Waals surface area contributed by atoms with E-state index < -0.39 is 0 Å². The first kappa shape index (κ1) is 9.98. The van der Waals surface area contributed by atoms with Crippen molar-refractivity contribution in [3.63, 3.8) is 0 Å². The molecule has 0 spiro atoms. The molecule has 10 heavy (non-hydrogen) atoms. The summed E-state index contributed by atoms with van der Waals surface area (Å²) < 4.78 is 3.07. The Labute approximate surface area is 66.9 Å². The van der Waals surface area contributed by atoms with E-state index in [0.717, 1.165) is 24.0 Å². The molecule has 0 aromatic heterocycles. The summed E-state index contributed by atoms with van der Waals surface area (Å²) in [6.07, 6.45) is 1.07. The summed E-state index contributed by atoms with van der Waals surface area (Å²) in [5.41, 5.74) is 0.824. The third-order valence-corrected chi connectivity index (χ3v) is 2.05. The van der Waals surface area contributed by atoms with Crippen LogP contribution < -0.4 is 4.72 Å². The van der Waals surface area contributed by atoms with Crippen molar-refractivity contribution in [2.45, 2.75) is 33.2 Å².